The Hall–Kier alpha value is -7.11. The van der Waals surface area contributed by atoms with Crippen molar-refractivity contribution in [2.75, 3.05) is 4.90 Å². The van der Waals surface area contributed by atoms with Gasteiger partial charge in [0.05, 0.1) is 11.1 Å². The lowest BCUT2D eigenvalue weighted by Gasteiger charge is -2.30. The van der Waals surface area contributed by atoms with Crippen molar-refractivity contribution in [1.82, 2.24) is 15.0 Å². The average molecular weight is 695 g/mol. The Morgan fingerprint density at radius 2 is 1.07 bits per heavy atom. The molecule has 0 amide bonds. The van der Waals surface area contributed by atoms with Gasteiger partial charge in [-0.05, 0) is 65.2 Å². The van der Waals surface area contributed by atoms with Crippen LogP contribution in [0.25, 0.3) is 66.9 Å². The molecular weight excluding hydrogens is 661 g/mol. The number of hydrogen-bond donors (Lipinski definition) is 0. The summed E-state index contributed by atoms with van der Waals surface area (Å²) in [4.78, 5) is 17.6. The van der Waals surface area contributed by atoms with Gasteiger partial charge >= 0.3 is 0 Å². The minimum atomic E-state index is 0.304. The molecule has 5 nitrogen and oxygen atoms in total. The molecule has 2 heterocycles. The lowest BCUT2D eigenvalue weighted by molar-refractivity contribution is 0.669. The van der Waals surface area contributed by atoms with Gasteiger partial charge in [0.1, 0.15) is 11.2 Å². The summed E-state index contributed by atoms with van der Waals surface area (Å²) >= 11 is 0. The molecule has 10 rings (SSSR count). The first-order valence-corrected chi connectivity index (χ1v) is 18.3. The molecule has 256 valence electrons. The van der Waals surface area contributed by atoms with Gasteiger partial charge < -0.3 is 9.32 Å². The molecule has 1 atom stereocenters. The first kappa shape index (κ1) is 31.6. The lowest BCUT2D eigenvalue weighted by atomic mass is 9.91. The summed E-state index contributed by atoms with van der Waals surface area (Å²) in [6, 6.07) is 58.6. The third-order valence-electron chi connectivity index (χ3n) is 10.2. The third-order valence-corrected chi connectivity index (χ3v) is 10.2. The SMILES string of the molecule is C1=CC(c2ccccc2)CC=C1N(c1ccccc1)c1cc(-c2nc(-c3ccccc3)nc(-c3ccccc3)n2)cc2oc3cc4ccccc4cc3c12. The molecule has 0 saturated carbocycles. The third kappa shape index (κ3) is 5.82. The fourth-order valence-electron chi connectivity index (χ4n) is 7.54. The lowest BCUT2D eigenvalue weighted by Crippen LogP contribution is -2.17. The zero-order chi connectivity index (χ0) is 35.8. The molecular formula is C49H34N4O. The molecule has 0 bridgehead atoms. The number of para-hydroxylation sites is 1. The van der Waals surface area contributed by atoms with Gasteiger partial charge in [-0.2, -0.15) is 0 Å². The highest BCUT2D eigenvalue weighted by Crippen LogP contribution is 2.45. The minimum Gasteiger partial charge on any atom is -0.456 e. The van der Waals surface area contributed by atoms with E-state index in [0.29, 0.717) is 23.4 Å². The maximum Gasteiger partial charge on any atom is 0.164 e. The fourth-order valence-corrected chi connectivity index (χ4v) is 7.54. The molecule has 2 aromatic heterocycles. The van der Waals surface area contributed by atoms with Crippen LogP contribution in [0.15, 0.2) is 198 Å². The van der Waals surface area contributed by atoms with Gasteiger partial charge in [0, 0.05) is 39.4 Å². The van der Waals surface area contributed by atoms with E-state index in [2.05, 4.69) is 132 Å². The molecule has 54 heavy (non-hydrogen) atoms. The number of hydrogen-bond acceptors (Lipinski definition) is 5. The quantitative estimate of drug-likeness (QED) is 0.166. The van der Waals surface area contributed by atoms with Crippen molar-refractivity contribution in [2.24, 2.45) is 0 Å². The Balaban J connectivity index is 1.23. The number of aromatic nitrogens is 3. The maximum absolute atomic E-state index is 6.81. The van der Waals surface area contributed by atoms with Crippen LogP contribution in [-0.4, -0.2) is 15.0 Å². The second-order valence-corrected chi connectivity index (χ2v) is 13.6. The molecule has 0 spiro atoms. The summed E-state index contributed by atoms with van der Waals surface area (Å²) < 4.78 is 6.81. The Morgan fingerprint density at radius 1 is 0.519 bits per heavy atom. The minimum absolute atomic E-state index is 0.304. The van der Waals surface area contributed by atoms with Crippen LogP contribution in [0.2, 0.25) is 0 Å². The smallest absolute Gasteiger partial charge is 0.164 e. The summed E-state index contributed by atoms with van der Waals surface area (Å²) in [6.45, 7) is 0. The summed E-state index contributed by atoms with van der Waals surface area (Å²) in [5.74, 6) is 2.10. The van der Waals surface area contributed by atoms with Gasteiger partial charge in [-0.3, -0.25) is 0 Å². The fraction of sp³-hybridized carbons (Fsp3) is 0.0408. The number of benzene rings is 7. The van der Waals surface area contributed by atoms with Gasteiger partial charge in [0.25, 0.3) is 0 Å². The van der Waals surface area contributed by atoms with Gasteiger partial charge in [0.15, 0.2) is 17.5 Å². The molecule has 1 unspecified atom stereocenters. The van der Waals surface area contributed by atoms with Crippen molar-refractivity contribution < 1.29 is 4.42 Å². The van der Waals surface area contributed by atoms with Gasteiger partial charge in [-0.15, -0.1) is 0 Å². The van der Waals surface area contributed by atoms with E-state index in [9.17, 15) is 0 Å². The Labute approximate surface area is 313 Å². The number of anilines is 2. The number of furan rings is 1. The van der Waals surface area contributed by atoms with E-state index in [0.717, 1.165) is 72.9 Å². The predicted molar refractivity (Wildman–Crippen MR) is 221 cm³/mol. The van der Waals surface area contributed by atoms with Gasteiger partial charge in [-0.25, -0.2) is 15.0 Å². The molecule has 0 fully saturated rings. The van der Waals surface area contributed by atoms with E-state index in [1.165, 1.54) is 5.56 Å². The normalized spacial score (nSPS) is 14.1. The van der Waals surface area contributed by atoms with Crippen molar-refractivity contribution in [1.29, 1.82) is 0 Å². The Kier molecular flexibility index (Phi) is 7.88. The van der Waals surface area contributed by atoms with Crippen LogP contribution in [-0.2, 0) is 0 Å². The van der Waals surface area contributed by atoms with Crippen LogP contribution >= 0.6 is 0 Å². The zero-order valence-corrected chi connectivity index (χ0v) is 29.4. The molecule has 1 aliphatic carbocycles. The van der Waals surface area contributed by atoms with Crippen LogP contribution in [0.3, 0.4) is 0 Å². The summed E-state index contributed by atoms with van der Waals surface area (Å²) in [7, 11) is 0. The van der Waals surface area contributed by atoms with E-state index < -0.39 is 0 Å². The van der Waals surface area contributed by atoms with Crippen LogP contribution < -0.4 is 4.90 Å². The molecule has 0 aliphatic heterocycles. The standard InChI is InChI=1S/C49H34N4O/c1-5-15-33(16-6-1)34-25-27-41(28-26-34)53(40-23-11-4-12-24-40)43-30-39(32-45-46(43)42-29-37-21-13-14-22-38(37)31-44(42)54-45)49-51-47(35-17-7-2-8-18-35)50-48(52-49)36-19-9-3-10-20-36/h1-25,27-32,34H,26H2. The second kappa shape index (κ2) is 13.5. The first-order chi connectivity index (χ1) is 26.7. The van der Waals surface area contributed by atoms with E-state index >= 15 is 0 Å². The molecule has 9 aromatic rings. The Morgan fingerprint density at radius 3 is 1.69 bits per heavy atom. The number of allylic oxidation sites excluding steroid dienone is 3. The van der Waals surface area contributed by atoms with E-state index in [-0.39, 0.29) is 0 Å². The number of rotatable bonds is 7. The van der Waals surface area contributed by atoms with Crippen molar-refractivity contribution in [3.63, 3.8) is 0 Å². The molecule has 7 aromatic carbocycles. The molecule has 0 N–H and O–H groups in total. The van der Waals surface area contributed by atoms with Crippen molar-refractivity contribution in [3.8, 4) is 34.2 Å². The predicted octanol–water partition coefficient (Wildman–Crippen LogP) is 12.7. The van der Waals surface area contributed by atoms with Crippen molar-refractivity contribution in [2.45, 2.75) is 12.3 Å². The molecule has 1 aliphatic rings. The Bertz CT molecular complexity index is 2790. The van der Waals surface area contributed by atoms with Crippen LogP contribution in [0, 0.1) is 0 Å². The highest BCUT2D eigenvalue weighted by atomic mass is 16.3. The van der Waals surface area contributed by atoms with Crippen LogP contribution in [0.1, 0.15) is 17.9 Å². The van der Waals surface area contributed by atoms with E-state index in [4.69, 9.17) is 19.4 Å². The van der Waals surface area contributed by atoms with Crippen LogP contribution in [0.5, 0.6) is 0 Å². The average Bonchev–Trinajstić information content (AvgIpc) is 3.61. The second-order valence-electron chi connectivity index (χ2n) is 13.6. The maximum atomic E-state index is 6.81. The van der Waals surface area contributed by atoms with Gasteiger partial charge in [-0.1, -0.05) is 146 Å². The van der Waals surface area contributed by atoms with Crippen molar-refractivity contribution in [3.05, 3.63) is 199 Å². The van der Waals surface area contributed by atoms with Gasteiger partial charge in [0.2, 0.25) is 0 Å². The summed E-state index contributed by atoms with van der Waals surface area (Å²) in [5.41, 5.74) is 8.71. The number of fused-ring (bicyclic) bond motifs is 4. The molecule has 0 saturated heterocycles. The molecule has 0 radical (unpaired) electrons. The molecule has 5 heteroatoms. The monoisotopic (exact) mass is 694 g/mol. The summed E-state index contributed by atoms with van der Waals surface area (Å²) in [6.07, 6.45) is 7.82. The zero-order valence-electron chi connectivity index (χ0n) is 29.4. The van der Waals surface area contributed by atoms with E-state index in [1.807, 2.05) is 60.7 Å². The number of nitrogens with zero attached hydrogens (tertiary/aromatic N) is 4. The van der Waals surface area contributed by atoms with E-state index in [1.54, 1.807) is 0 Å². The van der Waals surface area contributed by atoms with Crippen molar-refractivity contribution >= 4 is 44.1 Å². The largest absolute Gasteiger partial charge is 0.456 e. The highest BCUT2D eigenvalue weighted by Gasteiger charge is 2.25. The van der Waals surface area contributed by atoms with Crippen LogP contribution in [0.4, 0.5) is 11.4 Å². The topological polar surface area (TPSA) is 55.1 Å². The first-order valence-electron chi connectivity index (χ1n) is 18.3. The highest BCUT2D eigenvalue weighted by molar-refractivity contribution is 6.17. The summed E-state index contributed by atoms with van der Waals surface area (Å²) in [5, 5.41) is 4.38.